The minimum absolute atomic E-state index is 0.466. The van der Waals surface area contributed by atoms with Crippen LogP contribution >= 0.6 is 11.6 Å². The van der Waals surface area contributed by atoms with Crippen molar-refractivity contribution >= 4 is 33.7 Å². The van der Waals surface area contributed by atoms with Crippen LogP contribution in [0.5, 0.6) is 0 Å². The van der Waals surface area contributed by atoms with Crippen molar-refractivity contribution in [1.82, 2.24) is 4.98 Å². The molecule has 0 amide bonds. The predicted octanol–water partition coefficient (Wildman–Crippen LogP) is 4.89. The van der Waals surface area contributed by atoms with Crippen LogP contribution in [0.25, 0.3) is 33.7 Å². The van der Waals surface area contributed by atoms with Crippen LogP contribution < -0.4 is 0 Å². The molecule has 4 aromatic rings. The highest BCUT2D eigenvalue weighted by Gasteiger charge is 2.13. The molecule has 3 nitrogen and oxygen atoms in total. The van der Waals surface area contributed by atoms with Crippen LogP contribution in [0, 0.1) is 0 Å². The van der Waals surface area contributed by atoms with Crippen molar-refractivity contribution in [3.63, 3.8) is 0 Å². The molecule has 0 spiro atoms. The van der Waals surface area contributed by atoms with E-state index in [9.17, 15) is 0 Å². The number of hydrogen-bond acceptors (Lipinski definition) is 3. The third kappa shape index (κ3) is 1.71. The molecule has 0 unspecified atom stereocenters. The Morgan fingerprint density at radius 1 is 0.895 bits per heavy atom. The Kier molecular flexibility index (Phi) is 2.17. The highest BCUT2D eigenvalue weighted by Crippen LogP contribution is 2.30. The quantitative estimate of drug-likeness (QED) is 0.494. The van der Waals surface area contributed by atoms with E-state index in [-0.39, 0.29) is 0 Å². The molecule has 19 heavy (non-hydrogen) atoms. The van der Waals surface area contributed by atoms with E-state index in [1.54, 1.807) is 12.1 Å². The number of oxazole rings is 1. The molecule has 0 N–H and O–H groups in total. The third-order valence-corrected chi connectivity index (χ3v) is 3.22. The minimum atomic E-state index is 0.466. The van der Waals surface area contributed by atoms with Gasteiger partial charge in [0.05, 0.1) is 0 Å². The Morgan fingerprint density at radius 2 is 1.79 bits per heavy atom. The number of furan rings is 1. The summed E-state index contributed by atoms with van der Waals surface area (Å²) in [5, 5.41) is 1.65. The van der Waals surface area contributed by atoms with Crippen LogP contribution in [0.2, 0.25) is 5.02 Å². The molecule has 0 fully saturated rings. The Bertz CT molecular complexity index is 858. The molecule has 0 bridgehead atoms. The number of halogens is 1. The monoisotopic (exact) mass is 269 g/mol. The molecule has 0 saturated heterocycles. The van der Waals surface area contributed by atoms with Crippen molar-refractivity contribution in [2.75, 3.05) is 0 Å². The molecule has 0 saturated carbocycles. The van der Waals surface area contributed by atoms with E-state index < -0.39 is 0 Å². The summed E-state index contributed by atoms with van der Waals surface area (Å²) in [5.41, 5.74) is 2.24. The molecule has 0 aliphatic heterocycles. The Labute approximate surface area is 113 Å². The van der Waals surface area contributed by atoms with E-state index in [0.717, 1.165) is 16.5 Å². The number of fused-ring (bicyclic) bond motifs is 2. The number of hydrogen-bond donors (Lipinski definition) is 0. The van der Waals surface area contributed by atoms with E-state index in [1.807, 2.05) is 36.4 Å². The van der Waals surface area contributed by atoms with Crippen molar-refractivity contribution < 1.29 is 8.83 Å². The van der Waals surface area contributed by atoms with Crippen molar-refractivity contribution in [3.05, 3.63) is 53.6 Å². The lowest BCUT2D eigenvalue weighted by molar-refractivity contribution is 0.559. The molecule has 2 aromatic heterocycles. The highest BCUT2D eigenvalue weighted by atomic mass is 35.5. The lowest BCUT2D eigenvalue weighted by Crippen LogP contribution is -1.70. The summed E-state index contributed by atoms with van der Waals surface area (Å²) in [6.07, 6.45) is 0. The fourth-order valence-corrected chi connectivity index (χ4v) is 2.25. The van der Waals surface area contributed by atoms with Gasteiger partial charge in [-0.1, -0.05) is 29.8 Å². The molecule has 0 aliphatic rings. The molecule has 2 heterocycles. The van der Waals surface area contributed by atoms with Crippen LogP contribution in [-0.2, 0) is 0 Å². The van der Waals surface area contributed by atoms with Gasteiger partial charge in [0.25, 0.3) is 5.89 Å². The average Bonchev–Trinajstić information content (AvgIpc) is 3.00. The molecule has 92 valence electrons. The second-order valence-electron chi connectivity index (χ2n) is 4.28. The summed E-state index contributed by atoms with van der Waals surface area (Å²) < 4.78 is 11.4. The Hall–Kier alpha value is -2.26. The molecule has 2 aromatic carbocycles. The fourth-order valence-electron chi connectivity index (χ4n) is 2.09. The standard InChI is InChI=1S/C15H8ClNO2/c16-10-5-6-11-13(8-10)19-15(17-11)14-7-9-3-1-2-4-12(9)18-14/h1-8H. The lowest BCUT2D eigenvalue weighted by Gasteiger charge is -1.86. The Morgan fingerprint density at radius 3 is 2.68 bits per heavy atom. The SMILES string of the molecule is Clc1ccc2nc(-c3cc4ccccc4o3)oc2c1. The van der Waals surface area contributed by atoms with E-state index >= 15 is 0 Å². The van der Waals surface area contributed by atoms with Gasteiger partial charge < -0.3 is 8.83 Å². The number of aromatic nitrogens is 1. The van der Waals surface area contributed by atoms with Crippen LogP contribution in [0.3, 0.4) is 0 Å². The first-order chi connectivity index (χ1) is 9.29. The maximum Gasteiger partial charge on any atom is 0.263 e. The number of benzene rings is 2. The van der Waals surface area contributed by atoms with Crippen molar-refractivity contribution in [1.29, 1.82) is 0 Å². The second kappa shape index (κ2) is 3.87. The molecule has 4 heteroatoms. The van der Waals surface area contributed by atoms with Crippen molar-refractivity contribution in [3.8, 4) is 11.7 Å². The van der Waals surface area contributed by atoms with E-state index in [2.05, 4.69) is 4.98 Å². The molecule has 0 aliphatic carbocycles. The third-order valence-electron chi connectivity index (χ3n) is 2.99. The first-order valence-corrected chi connectivity index (χ1v) is 6.22. The second-order valence-corrected chi connectivity index (χ2v) is 4.72. The normalized spacial score (nSPS) is 11.4. The molecule has 0 atom stereocenters. The van der Waals surface area contributed by atoms with Crippen LogP contribution in [0.15, 0.2) is 57.4 Å². The van der Waals surface area contributed by atoms with Crippen LogP contribution in [0.4, 0.5) is 0 Å². The van der Waals surface area contributed by atoms with Gasteiger partial charge in [0, 0.05) is 16.5 Å². The van der Waals surface area contributed by atoms with E-state index in [1.165, 1.54) is 0 Å². The largest absolute Gasteiger partial charge is 0.451 e. The van der Waals surface area contributed by atoms with Gasteiger partial charge >= 0.3 is 0 Å². The highest BCUT2D eigenvalue weighted by molar-refractivity contribution is 6.31. The molecule has 0 radical (unpaired) electrons. The van der Waals surface area contributed by atoms with Crippen LogP contribution in [-0.4, -0.2) is 4.98 Å². The van der Waals surface area contributed by atoms with E-state index in [0.29, 0.717) is 22.3 Å². The summed E-state index contributed by atoms with van der Waals surface area (Å²) in [4.78, 5) is 4.40. The summed E-state index contributed by atoms with van der Waals surface area (Å²) in [6, 6.07) is 15.1. The maximum atomic E-state index is 5.93. The topological polar surface area (TPSA) is 39.2 Å². The van der Waals surface area contributed by atoms with Gasteiger partial charge in [0.15, 0.2) is 11.3 Å². The average molecular weight is 270 g/mol. The zero-order valence-corrected chi connectivity index (χ0v) is 10.5. The van der Waals surface area contributed by atoms with Gasteiger partial charge in [-0.3, -0.25) is 0 Å². The minimum Gasteiger partial charge on any atom is -0.451 e. The summed E-state index contributed by atoms with van der Waals surface area (Å²) >= 11 is 5.93. The predicted molar refractivity (Wildman–Crippen MR) is 74.2 cm³/mol. The number of para-hydroxylation sites is 1. The first kappa shape index (κ1) is 10.6. The number of nitrogens with zero attached hydrogens (tertiary/aromatic N) is 1. The maximum absolute atomic E-state index is 5.93. The van der Waals surface area contributed by atoms with Gasteiger partial charge in [-0.05, 0) is 24.3 Å². The summed E-state index contributed by atoms with van der Waals surface area (Å²) in [7, 11) is 0. The van der Waals surface area contributed by atoms with Gasteiger partial charge in [-0.15, -0.1) is 0 Å². The zero-order valence-electron chi connectivity index (χ0n) is 9.76. The lowest BCUT2D eigenvalue weighted by atomic mass is 10.2. The molecular formula is C15H8ClNO2. The smallest absolute Gasteiger partial charge is 0.263 e. The number of rotatable bonds is 1. The first-order valence-electron chi connectivity index (χ1n) is 5.85. The van der Waals surface area contributed by atoms with Gasteiger partial charge in [0.2, 0.25) is 0 Å². The van der Waals surface area contributed by atoms with Gasteiger partial charge in [-0.2, -0.15) is 0 Å². The summed E-state index contributed by atoms with van der Waals surface area (Å²) in [6.45, 7) is 0. The Balaban J connectivity index is 1.93. The fraction of sp³-hybridized carbons (Fsp3) is 0. The van der Waals surface area contributed by atoms with Gasteiger partial charge in [0.1, 0.15) is 11.1 Å². The van der Waals surface area contributed by atoms with Crippen molar-refractivity contribution in [2.24, 2.45) is 0 Å². The van der Waals surface area contributed by atoms with Crippen LogP contribution in [0.1, 0.15) is 0 Å². The van der Waals surface area contributed by atoms with Gasteiger partial charge in [-0.25, -0.2) is 4.98 Å². The molecular weight excluding hydrogens is 262 g/mol. The summed E-state index contributed by atoms with van der Waals surface area (Å²) in [5.74, 6) is 1.09. The zero-order chi connectivity index (χ0) is 12.8. The van der Waals surface area contributed by atoms with E-state index in [4.69, 9.17) is 20.4 Å². The molecule has 4 rings (SSSR count). The van der Waals surface area contributed by atoms with Crippen molar-refractivity contribution in [2.45, 2.75) is 0 Å².